The molecule has 4 fully saturated rings. The zero-order valence-corrected chi connectivity index (χ0v) is 25.2. The lowest BCUT2D eigenvalue weighted by atomic mass is 9.76. The third-order valence-corrected chi connectivity index (χ3v) is 10.9. The number of terminal acetylenes is 1. The number of piperidine rings is 2. The van der Waals surface area contributed by atoms with E-state index in [4.69, 9.17) is 16.1 Å². The number of hydrogen-bond donors (Lipinski definition) is 2. The maximum Gasteiger partial charge on any atom is 0.319 e. The van der Waals surface area contributed by atoms with E-state index in [1.165, 1.54) is 30.5 Å². The highest BCUT2D eigenvalue weighted by Gasteiger charge is 2.56. The van der Waals surface area contributed by atoms with Crippen LogP contribution >= 0.6 is 0 Å². The summed E-state index contributed by atoms with van der Waals surface area (Å²) < 4.78 is 38.0. The average Bonchev–Trinajstić information content (AvgIpc) is 3.52. The van der Waals surface area contributed by atoms with Crippen LogP contribution in [0, 0.1) is 35.3 Å². The van der Waals surface area contributed by atoms with Gasteiger partial charge in [-0.05, 0) is 81.6 Å². The van der Waals surface area contributed by atoms with Gasteiger partial charge < -0.3 is 24.7 Å². The molecule has 232 valence electrons. The monoisotopic (exact) mass is 611 g/mol. The number of β-amino-alcohol motifs (C(OH)–C–C–N with tert-alkyl or cyclic N) is 1. The van der Waals surface area contributed by atoms with E-state index in [1.54, 1.807) is 0 Å². The average molecular weight is 612 g/mol. The smallest absolute Gasteiger partial charge is 0.319 e. The molecule has 2 unspecified atom stereocenters. The summed E-state index contributed by atoms with van der Waals surface area (Å²) in [5, 5.41) is 22.6. The van der Waals surface area contributed by atoms with Crippen molar-refractivity contribution in [2.45, 2.75) is 56.6 Å². The van der Waals surface area contributed by atoms with Gasteiger partial charge in [0, 0.05) is 41.7 Å². The van der Waals surface area contributed by atoms with Crippen molar-refractivity contribution < 1.29 is 23.7 Å². The summed E-state index contributed by atoms with van der Waals surface area (Å²) in [6, 6.07) is 6.00. The van der Waals surface area contributed by atoms with Gasteiger partial charge in [0.2, 0.25) is 0 Å². The Bertz CT molecular complexity index is 1910. The number of phenols is 1. The van der Waals surface area contributed by atoms with Crippen molar-refractivity contribution in [2.24, 2.45) is 11.3 Å². The molecule has 2 aromatic heterocycles. The van der Waals surface area contributed by atoms with E-state index in [9.17, 15) is 14.6 Å². The SMILES string of the molecule is C#Cc1c(F)ccc2cc(O)cc(-c3ncc4c(N5CCC6CC6(O)C5)nc(OC[C@]56CCC[C@H]5N(C)CCC6)nc4c3F)c12. The molecule has 8 rings (SSSR count). The molecule has 2 aliphatic carbocycles. The number of rotatable bonds is 5. The fourth-order valence-electron chi connectivity index (χ4n) is 8.49. The van der Waals surface area contributed by atoms with Crippen LogP contribution in [-0.2, 0) is 0 Å². The highest BCUT2D eigenvalue weighted by Crippen LogP contribution is 2.51. The van der Waals surface area contributed by atoms with Crippen LogP contribution in [0.15, 0.2) is 30.5 Å². The highest BCUT2D eigenvalue weighted by molar-refractivity contribution is 6.03. The summed E-state index contributed by atoms with van der Waals surface area (Å²) in [6.45, 7) is 2.53. The molecule has 10 heteroatoms. The minimum Gasteiger partial charge on any atom is -0.508 e. The lowest BCUT2D eigenvalue weighted by Crippen LogP contribution is -2.50. The van der Waals surface area contributed by atoms with Gasteiger partial charge in [0.1, 0.15) is 28.6 Å². The number of likely N-dealkylation sites (tertiary alicyclic amines) is 1. The van der Waals surface area contributed by atoms with E-state index >= 15 is 4.39 Å². The van der Waals surface area contributed by atoms with Crippen molar-refractivity contribution in [3.05, 3.63) is 47.7 Å². The number of pyridine rings is 1. The Hall–Kier alpha value is -4.07. The van der Waals surface area contributed by atoms with E-state index in [0.717, 1.165) is 51.5 Å². The Morgan fingerprint density at radius 3 is 2.80 bits per heavy atom. The van der Waals surface area contributed by atoms with Crippen LogP contribution in [0.3, 0.4) is 0 Å². The van der Waals surface area contributed by atoms with Crippen molar-refractivity contribution in [2.75, 3.05) is 38.2 Å². The maximum atomic E-state index is 16.8. The molecule has 2 aromatic carbocycles. The first kappa shape index (κ1) is 28.4. The summed E-state index contributed by atoms with van der Waals surface area (Å²) in [7, 11) is 2.17. The van der Waals surface area contributed by atoms with Gasteiger partial charge in [0.25, 0.3) is 0 Å². The van der Waals surface area contributed by atoms with E-state index in [2.05, 4.69) is 27.8 Å². The second-order valence-electron chi connectivity index (χ2n) is 13.5. The van der Waals surface area contributed by atoms with Crippen molar-refractivity contribution in [1.29, 1.82) is 0 Å². The fourth-order valence-corrected chi connectivity index (χ4v) is 8.49. The zero-order valence-electron chi connectivity index (χ0n) is 25.2. The molecular weight excluding hydrogens is 576 g/mol. The number of benzene rings is 2. The Kier molecular flexibility index (Phi) is 6.45. The first-order valence-electron chi connectivity index (χ1n) is 15.8. The molecule has 2 aliphatic heterocycles. The number of aliphatic hydroxyl groups is 1. The van der Waals surface area contributed by atoms with Gasteiger partial charge in [0.05, 0.1) is 23.2 Å². The maximum absolute atomic E-state index is 16.8. The van der Waals surface area contributed by atoms with Crippen LogP contribution in [0.1, 0.15) is 50.5 Å². The minimum atomic E-state index is -0.776. The number of aromatic nitrogens is 3. The van der Waals surface area contributed by atoms with E-state index in [0.29, 0.717) is 42.3 Å². The Balaban J connectivity index is 1.27. The quantitative estimate of drug-likeness (QED) is 0.289. The molecule has 0 amide bonds. The van der Waals surface area contributed by atoms with Crippen LogP contribution in [0.5, 0.6) is 11.8 Å². The molecule has 2 saturated carbocycles. The molecule has 8 nitrogen and oxygen atoms in total. The van der Waals surface area contributed by atoms with Gasteiger partial charge >= 0.3 is 6.01 Å². The lowest BCUT2D eigenvalue weighted by molar-refractivity contribution is 0.0133. The number of ether oxygens (including phenoxy) is 1. The Morgan fingerprint density at radius 2 is 1.98 bits per heavy atom. The van der Waals surface area contributed by atoms with Crippen LogP contribution in [0.2, 0.25) is 0 Å². The molecule has 4 heterocycles. The number of nitrogens with zero attached hydrogens (tertiary/aromatic N) is 5. The minimum absolute atomic E-state index is 0.00120. The molecule has 2 saturated heterocycles. The van der Waals surface area contributed by atoms with E-state index in [1.807, 2.05) is 4.90 Å². The summed E-state index contributed by atoms with van der Waals surface area (Å²) >= 11 is 0. The van der Waals surface area contributed by atoms with Crippen LogP contribution in [0.4, 0.5) is 14.6 Å². The molecule has 4 atom stereocenters. The van der Waals surface area contributed by atoms with Crippen molar-refractivity contribution >= 4 is 27.5 Å². The molecule has 45 heavy (non-hydrogen) atoms. The second kappa shape index (κ2) is 10.2. The van der Waals surface area contributed by atoms with Gasteiger partial charge in [-0.15, -0.1) is 6.42 Å². The van der Waals surface area contributed by atoms with Crippen LogP contribution in [-0.4, -0.2) is 75.0 Å². The van der Waals surface area contributed by atoms with Crippen LogP contribution < -0.4 is 9.64 Å². The number of halogens is 2. The first-order chi connectivity index (χ1) is 21.7. The molecule has 0 bridgehead atoms. The highest BCUT2D eigenvalue weighted by atomic mass is 19.1. The van der Waals surface area contributed by atoms with Crippen LogP contribution in [0.25, 0.3) is 32.9 Å². The summed E-state index contributed by atoms with van der Waals surface area (Å²) in [6.07, 6.45) is 14.2. The van der Waals surface area contributed by atoms with Gasteiger partial charge in [0.15, 0.2) is 5.82 Å². The lowest BCUT2D eigenvalue weighted by Gasteiger charge is -2.44. The predicted molar refractivity (Wildman–Crippen MR) is 167 cm³/mol. The van der Waals surface area contributed by atoms with E-state index < -0.39 is 17.2 Å². The molecule has 4 aromatic rings. The number of hydrogen-bond acceptors (Lipinski definition) is 8. The number of fused-ring (bicyclic) bond motifs is 4. The number of phenolic OH excluding ortho intramolecular Hbond substituents is 1. The second-order valence-corrected chi connectivity index (χ2v) is 13.5. The Labute approximate surface area is 260 Å². The Morgan fingerprint density at radius 1 is 1.13 bits per heavy atom. The molecule has 2 N–H and O–H groups in total. The predicted octanol–water partition coefficient (Wildman–Crippen LogP) is 5.41. The molecule has 0 radical (unpaired) electrons. The van der Waals surface area contributed by atoms with Crippen molar-refractivity contribution in [3.63, 3.8) is 0 Å². The summed E-state index contributed by atoms with van der Waals surface area (Å²) in [5.41, 5.74) is -0.790. The molecule has 4 aliphatic rings. The zero-order chi connectivity index (χ0) is 31.1. The third-order valence-electron chi connectivity index (χ3n) is 10.9. The number of anilines is 1. The van der Waals surface area contributed by atoms with Crippen molar-refractivity contribution in [3.8, 4) is 35.4 Å². The molecule has 0 spiro atoms. The fraction of sp³-hybridized carbons (Fsp3) is 0.457. The standard InChI is InChI=1S/C35H35F2N5O3/c1-3-23-26(36)8-7-20-14-22(43)15-24(28(20)23)30-29(37)31-25(17-38-30)32(42-13-9-21-16-35(21,44)18-42)40-33(39-31)45-19-34-10-4-6-27(34)41(2)12-5-11-34/h1,7-8,14-15,17,21,27,43-44H,4-6,9-13,16,18-19H2,2H3/t21?,27-,34-,35?/m1/s1. The summed E-state index contributed by atoms with van der Waals surface area (Å²) in [5.74, 6) is 1.59. The van der Waals surface area contributed by atoms with Gasteiger partial charge in [-0.3, -0.25) is 4.98 Å². The topological polar surface area (TPSA) is 94.8 Å². The van der Waals surface area contributed by atoms with E-state index in [-0.39, 0.29) is 50.8 Å². The van der Waals surface area contributed by atoms with Gasteiger partial charge in [-0.25, -0.2) is 8.78 Å². The largest absolute Gasteiger partial charge is 0.508 e. The third kappa shape index (κ3) is 4.50. The molecular formula is C35H35F2N5O3. The number of aromatic hydroxyl groups is 1. The van der Waals surface area contributed by atoms with Gasteiger partial charge in [-0.1, -0.05) is 18.4 Å². The van der Waals surface area contributed by atoms with Gasteiger partial charge in [-0.2, -0.15) is 9.97 Å². The van der Waals surface area contributed by atoms with Crippen molar-refractivity contribution in [1.82, 2.24) is 19.9 Å². The normalized spacial score (nSPS) is 27.8. The first-order valence-corrected chi connectivity index (χ1v) is 15.8. The summed E-state index contributed by atoms with van der Waals surface area (Å²) in [4.78, 5) is 18.3.